The van der Waals surface area contributed by atoms with Crippen molar-refractivity contribution in [3.05, 3.63) is 59.4 Å². The van der Waals surface area contributed by atoms with E-state index in [0.717, 1.165) is 17.8 Å². The number of aromatic nitrogens is 1. The van der Waals surface area contributed by atoms with Gasteiger partial charge in [-0.05, 0) is 54.7 Å². The van der Waals surface area contributed by atoms with Gasteiger partial charge in [0.05, 0.1) is 12.2 Å². The Morgan fingerprint density at radius 2 is 1.85 bits per heavy atom. The Bertz CT molecular complexity index is 803. The number of urea groups is 1. The van der Waals surface area contributed by atoms with Crippen LogP contribution in [0.2, 0.25) is 0 Å². The molecule has 0 bridgehead atoms. The lowest BCUT2D eigenvalue weighted by Crippen LogP contribution is -2.30. The second-order valence-corrected chi connectivity index (χ2v) is 7.33. The van der Waals surface area contributed by atoms with Gasteiger partial charge in [0.1, 0.15) is 0 Å². The minimum Gasteiger partial charge on any atom is -0.352 e. The van der Waals surface area contributed by atoms with E-state index in [1.807, 2.05) is 12.1 Å². The predicted octanol–water partition coefficient (Wildman–Crippen LogP) is 3.55. The molecule has 6 nitrogen and oxygen atoms in total. The summed E-state index contributed by atoms with van der Waals surface area (Å²) in [7, 11) is 0. The Kier molecular flexibility index (Phi) is 5.05. The quantitative estimate of drug-likeness (QED) is 0.871. The van der Waals surface area contributed by atoms with E-state index in [2.05, 4.69) is 15.6 Å². The van der Waals surface area contributed by atoms with Crippen molar-refractivity contribution in [3.63, 3.8) is 0 Å². The maximum Gasteiger partial charge on any atom is 0.322 e. The highest BCUT2D eigenvalue weighted by Crippen LogP contribution is 2.24. The molecule has 1 fully saturated rings. The Morgan fingerprint density at radius 3 is 2.59 bits per heavy atom. The van der Waals surface area contributed by atoms with Gasteiger partial charge in [0, 0.05) is 30.5 Å². The van der Waals surface area contributed by atoms with Crippen LogP contribution in [0, 0.1) is 5.92 Å². The fraction of sp³-hybridized carbons (Fsp3) is 0.381. The number of nitrogens with zero attached hydrogens (tertiary/aromatic N) is 2. The molecular formula is C21H24N4O2. The van der Waals surface area contributed by atoms with Gasteiger partial charge in [-0.15, -0.1) is 0 Å². The minimum atomic E-state index is -0.161. The summed E-state index contributed by atoms with van der Waals surface area (Å²) in [5, 5.41) is 5.90. The van der Waals surface area contributed by atoms with E-state index < -0.39 is 0 Å². The molecule has 2 aliphatic rings. The first-order chi connectivity index (χ1) is 13.2. The normalized spacial score (nSPS) is 16.2. The van der Waals surface area contributed by atoms with Crippen LogP contribution in [-0.2, 0) is 13.1 Å². The van der Waals surface area contributed by atoms with Gasteiger partial charge >= 0.3 is 6.03 Å². The van der Waals surface area contributed by atoms with Crippen LogP contribution in [0.1, 0.15) is 47.3 Å². The summed E-state index contributed by atoms with van der Waals surface area (Å²) in [4.78, 5) is 30.7. The number of benzene rings is 1. The molecule has 0 saturated heterocycles. The first-order valence-electron chi connectivity index (χ1n) is 9.56. The number of pyridine rings is 1. The predicted molar refractivity (Wildman–Crippen MR) is 103 cm³/mol. The van der Waals surface area contributed by atoms with Crippen LogP contribution in [0.15, 0.2) is 42.6 Å². The molecule has 1 aromatic carbocycles. The second-order valence-electron chi connectivity index (χ2n) is 7.33. The minimum absolute atomic E-state index is 0.0548. The Labute approximate surface area is 159 Å². The Balaban J connectivity index is 1.30. The van der Waals surface area contributed by atoms with E-state index in [9.17, 15) is 9.59 Å². The van der Waals surface area contributed by atoms with Crippen molar-refractivity contribution >= 4 is 17.6 Å². The lowest BCUT2D eigenvalue weighted by molar-refractivity contribution is 0.0947. The molecule has 140 valence electrons. The third kappa shape index (κ3) is 4.10. The molecule has 3 amide bonds. The molecule has 1 saturated carbocycles. The van der Waals surface area contributed by atoms with E-state index in [-0.39, 0.29) is 11.9 Å². The van der Waals surface area contributed by atoms with Crippen LogP contribution in [0.3, 0.4) is 0 Å². The molecule has 0 radical (unpaired) electrons. The van der Waals surface area contributed by atoms with Crippen molar-refractivity contribution in [2.75, 3.05) is 11.9 Å². The number of anilines is 1. The number of fused-ring (bicyclic) bond motifs is 1. The van der Waals surface area contributed by atoms with E-state index in [1.165, 1.54) is 25.7 Å². The van der Waals surface area contributed by atoms with Gasteiger partial charge in [-0.25, -0.2) is 4.79 Å². The van der Waals surface area contributed by atoms with E-state index >= 15 is 0 Å². The average Bonchev–Trinajstić information content (AvgIpc) is 3.36. The van der Waals surface area contributed by atoms with E-state index in [4.69, 9.17) is 0 Å². The molecule has 0 spiro atoms. The van der Waals surface area contributed by atoms with Gasteiger partial charge in [-0.1, -0.05) is 18.9 Å². The Morgan fingerprint density at radius 1 is 1.07 bits per heavy atom. The topological polar surface area (TPSA) is 74.3 Å². The van der Waals surface area contributed by atoms with Gasteiger partial charge in [0.25, 0.3) is 5.91 Å². The third-order valence-corrected chi connectivity index (χ3v) is 5.40. The monoisotopic (exact) mass is 364 g/mol. The standard InChI is InChI=1S/C21H24N4O2/c26-20(23-12-15-4-1-2-5-15)16-7-9-18(10-8-16)24-21(27)25-13-17-6-3-11-22-19(17)14-25/h3,6-11,15H,1-2,4-5,12-14H2,(H,23,26)(H,24,27). The highest BCUT2D eigenvalue weighted by molar-refractivity contribution is 5.95. The average molecular weight is 364 g/mol. The van der Waals surface area contributed by atoms with Crippen molar-refractivity contribution in [1.82, 2.24) is 15.2 Å². The molecule has 2 N–H and O–H groups in total. The highest BCUT2D eigenvalue weighted by atomic mass is 16.2. The summed E-state index contributed by atoms with van der Waals surface area (Å²) in [5.74, 6) is 0.562. The third-order valence-electron chi connectivity index (χ3n) is 5.40. The Hall–Kier alpha value is -2.89. The number of rotatable bonds is 4. The van der Waals surface area contributed by atoms with Crippen molar-refractivity contribution < 1.29 is 9.59 Å². The SMILES string of the molecule is O=C(NCC1CCCC1)c1ccc(NC(=O)N2Cc3cccnc3C2)cc1. The second kappa shape index (κ2) is 7.78. The smallest absolute Gasteiger partial charge is 0.322 e. The molecule has 1 aliphatic heterocycles. The molecule has 1 aliphatic carbocycles. The molecule has 6 heteroatoms. The first kappa shape index (κ1) is 17.5. The summed E-state index contributed by atoms with van der Waals surface area (Å²) in [6.07, 6.45) is 6.71. The van der Waals surface area contributed by atoms with Crippen LogP contribution in [0.5, 0.6) is 0 Å². The number of hydrogen-bond acceptors (Lipinski definition) is 3. The van der Waals surface area contributed by atoms with Crippen LogP contribution in [0.4, 0.5) is 10.5 Å². The summed E-state index contributed by atoms with van der Waals surface area (Å²) < 4.78 is 0. The summed E-state index contributed by atoms with van der Waals surface area (Å²) in [6.45, 7) is 1.83. The zero-order valence-corrected chi connectivity index (χ0v) is 15.3. The molecule has 1 aromatic heterocycles. The summed E-state index contributed by atoms with van der Waals surface area (Å²) in [5.41, 5.74) is 3.32. The maximum atomic E-state index is 12.5. The molecule has 0 atom stereocenters. The molecule has 2 aromatic rings. The lowest BCUT2D eigenvalue weighted by Gasteiger charge is -2.16. The van der Waals surface area contributed by atoms with Crippen molar-refractivity contribution in [2.45, 2.75) is 38.8 Å². The van der Waals surface area contributed by atoms with E-state index in [0.29, 0.717) is 30.3 Å². The fourth-order valence-corrected chi connectivity index (χ4v) is 3.80. The van der Waals surface area contributed by atoms with Crippen LogP contribution in [0.25, 0.3) is 0 Å². The summed E-state index contributed by atoms with van der Waals surface area (Å²) in [6, 6.07) is 10.8. The first-order valence-corrected chi connectivity index (χ1v) is 9.56. The number of hydrogen-bond donors (Lipinski definition) is 2. The van der Waals surface area contributed by atoms with E-state index in [1.54, 1.807) is 35.4 Å². The molecule has 4 rings (SSSR count). The highest BCUT2D eigenvalue weighted by Gasteiger charge is 2.24. The fourth-order valence-electron chi connectivity index (χ4n) is 3.80. The van der Waals surface area contributed by atoms with Crippen molar-refractivity contribution in [1.29, 1.82) is 0 Å². The number of carbonyl (C=O) groups excluding carboxylic acids is 2. The van der Waals surface area contributed by atoms with Crippen LogP contribution in [-0.4, -0.2) is 28.4 Å². The van der Waals surface area contributed by atoms with Crippen LogP contribution >= 0.6 is 0 Å². The van der Waals surface area contributed by atoms with Gasteiger partial charge < -0.3 is 15.5 Å². The van der Waals surface area contributed by atoms with Crippen molar-refractivity contribution in [3.8, 4) is 0 Å². The van der Waals surface area contributed by atoms with Gasteiger partial charge in [-0.3, -0.25) is 9.78 Å². The molecule has 27 heavy (non-hydrogen) atoms. The molecular weight excluding hydrogens is 340 g/mol. The van der Waals surface area contributed by atoms with Crippen molar-refractivity contribution in [2.24, 2.45) is 5.92 Å². The summed E-state index contributed by atoms with van der Waals surface area (Å²) >= 11 is 0. The largest absolute Gasteiger partial charge is 0.352 e. The maximum absolute atomic E-state index is 12.5. The number of carbonyl (C=O) groups is 2. The van der Waals surface area contributed by atoms with Crippen LogP contribution < -0.4 is 10.6 Å². The van der Waals surface area contributed by atoms with Gasteiger partial charge in [-0.2, -0.15) is 0 Å². The van der Waals surface area contributed by atoms with Gasteiger partial charge in [0.15, 0.2) is 0 Å². The zero-order valence-electron chi connectivity index (χ0n) is 15.3. The lowest BCUT2D eigenvalue weighted by atomic mass is 10.1. The zero-order chi connectivity index (χ0) is 18.6. The molecule has 0 unspecified atom stereocenters. The molecule has 2 heterocycles. The number of nitrogens with one attached hydrogen (secondary N) is 2. The van der Waals surface area contributed by atoms with Gasteiger partial charge in [0.2, 0.25) is 0 Å². The number of amides is 3.